The summed E-state index contributed by atoms with van der Waals surface area (Å²) in [6.07, 6.45) is 2.61. The Kier molecular flexibility index (Phi) is 5.12. The molecule has 0 aliphatic heterocycles. The monoisotopic (exact) mass is 214 g/mol. The fourth-order valence-corrected chi connectivity index (χ4v) is 1.36. The Bertz CT molecular complexity index is 355. The molecule has 0 amide bonds. The fraction of sp³-hybridized carbons (Fsp3) is 0.500. The van der Waals surface area contributed by atoms with E-state index in [4.69, 9.17) is 0 Å². The van der Waals surface area contributed by atoms with Gasteiger partial charge in [0.05, 0.1) is 0 Å². The van der Waals surface area contributed by atoms with E-state index in [1.807, 2.05) is 13.8 Å². The van der Waals surface area contributed by atoms with Crippen LogP contribution in [0.1, 0.15) is 57.6 Å². The number of hydrogen-bond acceptors (Lipinski definition) is 0. The van der Waals surface area contributed by atoms with Gasteiger partial charge in [-0.15, -0.1) is 0 Å². The van der Waals surface area contributed by atoms with Crippen LogP contribution in [0, 0.1) is 17.8 Å². The molecule has 2 rings (SSSR count). The van der Waals surface area contributed by atoms with Crippen molar-refractivity contribution in [3.8, 4) is 11.8 Å². The molecule has 0 unspecified atom stereocenters. The maximum Gasteiger partial charge on any atom is 0.0245 e. The van der Waals surface area contributed by atoms with E-state index in [1.54, 1.807) is 0 Å². The van der Waals surface area contributed by atoms with Crippen molar-refractivity contribution in [2.75, 3.05) is 0 Å². The summed E-state index contributed by atoms with van der Waals surface area (Å²) in [5, 5.41) is 0. The van der Waals surface area contributed by atoms with Crippen LogP contribution in [0.5, 0.6) is 0 Å². The topological polar surface area (TPSA) is 0 Å². The standard InChI is InChI=1S/C14H16.C2H6/c1-11(2)14-9-7-13(8-10-14)6-5-12-3-4-12;1-2/h7-12H,3-4H2,1-2H3;1-2H3. The molecule has 1 aromatic rings. The van der Waals surface area contributed by atoms with Gasteiger partial charge in [-0.3, -0.25) is 0 Å². The van der Waals surface area contributed by atoms with E-state index in [0.29, 0.717) is 11.8 Å². The third-order valence-corrected chi connectivity index (χ3v) is 2.58. The molecule has 0 radical (unpaired) electrons. The normalized spacial score (nSPS) is 13.6. The van der Waals surface area contributed by atoms with Gasteiger partial charge in [-0.1, -0.05) is 51.7 Å². The van der Waals surface area contributed by atoms with Crippen LogP contribution in [-0.4, -0.2) is 0 Å². The third kappa shape index (κ3) is 4.11. The van der Waals surface area contributed by atoms with E-state index < -0.39 is 0 Å². The maximum absolute atomic E-state index is 3.27. The molecule has 0 saturated heterocycles. The van der Waals surface area contributed by atoms with Gasteiger partial charge < -0.3 is 0 Å². The molecule has 0 spiro atoms. The third-order valence-electron chi connectivity index (χ3n) is 2.58. The molecule has 0 N–H and O–H groups in total. The van der Waals surface area contributed by atoms with Crippen LogP contribution >= 0.6 is 0 Å². The predicted molar refractivity (Wildman–Crippen MR) is 71.5 cm³/mol. The molecular weight excluding hydrogens is 192 g/mol. The lowest BCUT2D eigenvalue weighted by molar-refractivity contribution is 0.866. The first-order chi connectivity index (χ1) is 7.75. The smallest absolute Gasteiger partial charge is 0.0245 e. The number of hydrogen-bond donors (Lipinski definition) is 0. The van der Waals surface area contributed by atoms with E-state index in [-0.39, 0.29) is 0 Å². The molecule has 1 aliphatic carbocycles. The first kappa shape index (κ1) is 12.8. The summed E-state index contributed by atoms with van der Waals surface area (Å²) in [7, 11) is 0. The zero-order chi connectivity index (χ0) is 12.0. The Hall–Kier alpha value is -1.22. The van der Waals surface area contributed by atoms with Crippen molar-refractivity contribution < 1.29 is 0 Å². The van der Waals surface area contributed by atoms with Crippen molar-refractivity contribution in [3.63, 3.8) is 0 Å². The van der Waals surface area contributed by atoms with Crippen molar-refractivity contribution in [2.45, 2.75) is 46.5 Å². The van der Waals surface area contributed by atoms with Gasteiger partial charge in [0.25, 0.3) is 0 Å². The summed E-state index contributed by atoms with van der Waals surface area (Å²) >= 11 is 0. The second-order valence-corrected chi connectivity index (χ2v) is 4.32. The van der Waals surface area contributed by atoms with Gasteiger partial charge in [0.2, 0.25) is 0 Å². The van der Waals surface area contributed by atoms with Crippen molar-refractivity contribution in [1.29, 1.82) is 0 Å². The van der Waals surface area contributed by atoms with Gasteiger partial charge in [0.1, 0.15) is 0 Å². The van der Waals surface area contributed by atoms with E-state index >= 15 is 0 Å². The lowest BCUT2D eigenvalue weighted by Gasteiger charge is -2.03. The van der Waals surface area contributed by atoms with Gasteiger partial charge >= 0.3 is 0 Å². The van der Waals surface area contributed by atoms with Gasteiger partial charge in [-0.2, -0.15) is 0 Å². The van der Waals surface area contributed by atoms with Crippen LogP contribution in [0.25, 0.3) is 0 Å². The quantitative estimate of drug-likeness (QED) is 0.599. The van der Waals surface area contributed by atoms with E-state index in [1.165, 1.54) is 18.4 Å². The summed E-state index contributed by atoms with van der Waals surface area (Å²) in [6, 6.07) is 8.62. The van der Waals surface area contributed by atoms with Crippen LogP contribution in [0.3, 0.4) is 0 Å². The molecule has 1 aromatic carbocycles. The maximum atomic E-state index is 3.27. The first-order valence-corrected chi connectivity index (χ1v) is 6.37. The molecule has 0 heterocycles. The van der Waals surface area contributed by atoms with Crippen molar-refractivity contribution in [3.05, 3.63) is 35.4 Å². The summed E-state index contributed by atoms with van der Waals surface area (Å²) < 4.78 is 0. The summed E-state index contributed by atoms with van der Waals surface area (Å²) in [6.45, 7) is 8.43. The van der Waals surface area contributed by atoms with Crippen molar-refractivity contribution >= 4 is 0 Å². The highest BCUT2D eigenvalue weighted by molar-refractivity contribution is 5.37. The van der Waals surface area contributed by atoms with Crippen molar-refractivity contribution in [2.24, 2.45) is 5.92 Å². The lowest BCUT2D eigenvalue weighted by Crippen LogP contribution is -1.86. The Morgan fingerprint density at radius 2 is 1.62 bits per heavy atom. The molecule has 0 atom stereocenters. The van der Waals surface area contributed by atoms with Gasteiger partial charge in [0.15, 0.2) is 0 Å². The van der Waals surface area contributed by atoms with E-state index in [2.05, 4.69) is 50.0 Å². The van der Waals surface area contributed by atoms with Gasteiger partial charge in [-0.05, 0) is 36.5 Å². The number of rotatable bonds is 1. The van der Waals surface area contributed by atoms with Crippen LogP contribution in [0.15, 0.2) is 24.3 Å². The minimum absolute atomic E-state index is 0.612. The Labute approximate surface area is 100 Å². The SMILES string of the molecule is CC.CC(C)c1ccc(C#CC2CC2)cc1. The minimum atomic E-state index is 0.612. The van der Waals surface area contributed by atoms with Crippen LogP contribution in [0.2, 0.25) is 0 Å². The summed E-state index contributed by atoms with van der Waals surface area (Å²) in [5.41, 5.74) is 2.54. The fourth-order valence-electron chi connectivity index (χ4n) is 1.36. The van der Waals surface area contributed by atoms with Crippen LogP contribution < -0.4 is 0 Å². The second-order valence-electron chi connectivity index (χ2n) is 4.32. The predicted octanol–water partition coefficient (Wildman–Crippen LogP) is 4.60. The Morgan fingerprint density at radius 1 is 1.06 bits per heavy atom. The van der Waals surface area contributed by atoms with Crippen LogP contribution in [-0.2, 0) is 0 Å². The van der Waals surface area contributed by atoms with Gasteiger partial charge in [-0.25, -0.2) is 0 Å². The largest absolute Gasteiger partial charge is 0.0945 e. The lowest BCUT2D eigenvalue weighted by atomic mass is 10.0. The molecule has 86 valence electrons. The zero-order valence-electron chi connectivity index (χ0n) is 10.9. The molecule has 0 aromatic heterocycles. The van der Waals surface area contributed by atoms with E-state index in [0.717, 1.165) is 5.56 Å². The zero-order valence-corrected chi connectivity index (χ0v) is 10.9. The summed E-state index contributed by atoms with van der Waals surface area (Å²) in [4.78, 5) is 0. The molecule has 0 bridgehead atoms. The molecule has 0 heteroatoms. The molecule has 0 nitrogen and oxygen atoms in total. The average Bonchev–Trinajstić information content (AvgIpc) is 3.13. The molecular formula is C16H22. The molecule has 1 aliphatic rings. The van der Waals surface area contributed by atoms with Gasteiger partial charge in [0, 0.05) is 11.5 Å². The van der Waals surface area contributed by atoms with E-state index in [9.17, 15) is 0 Å². The Balaban J connectivity index is 0.000000606. The molecule has 1 fully saturated rings. The molecule has 16 heavy (non-hydrogen) atoms. The average molecular weight is 214 g/mol. The highest BCUT2D eigenvalue weighted by Crippen LogP contribution is 2.27. The molecule has 1 saturated carbocycles. The highest BCUT2D eigenvalue weighted by atomic mass is 14.2. The number of benzene rings is 1. The highest BCUT2D eigenvalue weighted by Gasteiger charge is 2.17. The van der Waals surface area contributed by atoms with Crippen LogP contribution in [0.4, 0.5) is 0 Å². The Morgan fingerprint density at radius 3 is 2.06 bits per heavy atom. The minimum Gasteiger partial charge on any atom is -0.0945 e. The summed E-state index contributed by atoms with van der Waals surface area (Å²) in [5.74, 6) is 7.80. The first-order valence-electron chi connectivity index (χ1n) is 6.37. The van der Waals surface area contributed by atoms with Crippen molar-refractivity contribution in [1.82, 2.24) is 0 Å². The second kappa shape index (κ2) is 6.38.